The van der Waals surface area contributed by atoms with Crippen LogP contribution in [0.1, 0.15) is 45.9 Å². The first-order valence-electron chi connectivity index (χ1n) is 9.32. The number of carbonyl (C=O) groups excluding carboxylic acids is 1. The first-order chi connectivity index (χ1) is 14.7. The van der Waals surface area contributed by atoms with Gasteiger partial charge in [-0.15, -0.1) is 0 Å². The van der Waals surface area contributed by atoms with Gasteiger partial charge < -0.3 is 16.2 Å². The van der Waals surface area contributed by atoms with E-state index in [2.05, 4.69) is 25.6 Å². The molecule has 5 N–H and O–H groups in total. The standard InChI is InChI=1S/C16H19N7O.C2HF3O2/c17-15(24)13-8-21-23-9-10(5-19-16(13)23)4-18-6-11-2-1-3-14-12(11)7-20-22-14;3-2(4,5)1(6)7/h5,7-9,11,18H,1-4,6H2,(H2,17,24)(H,20,22);(H,6,7). The van der Waals surface area contributed by atoms with Crippen molar-refractivity contribution in [3.8, 4) is 0 Å². The molecule has 0 saturated heterocycles. The molecule has 0 aliphatic heterocycles. The maximum atomic E-state index is 11.3. The number of H-pyrrole nitrogens is 1. The van der Waals surface area contributed by atoms with E-state index in [1.54, 1.807) is 10.7 Å². The van der Waals surface area contributed by atoms with Crippen molar-refractivity contribution in [1.29, 1.82) is 0 Å². The van der Waals surface area contributed by atoms with Gasteiger partial charge in [0.15, 0.2) is 5.65 Å². The quantitative estimate of drug-likeness (QED) is 0.469. The van der Waals surface area contributed by atoms with Gasteiger partial charge in [0.2, 0.25) is 0 Å². The van der Waals surface area contributed by atoms with Gasteiger partial charge in [-0.3, -0.25) is 9.89 Å². The van der Waals surface area contributed by atoms with Gasteiger partial charge in [-0.2, -0.15) is 23.4 Å². The summed E-state index contributed by atoms with van der Waals surface area (Å²) in [6.45, 7) is 1.59. The number of nitrogens with two attached hydrogens (primary N) is 1. The van der Waals surface area contributed by atoms with Crippen molar-refractivity contribution in [3.63, 3.8) is 0 Å². The van der Waals surface area contributed by atoms with E-state index < -0.39 is 18.1 Å². The highest BCUT2D eigenvalue weighted by Crippen LogP contribution is 2.29. The summed E-state index contributed by atoms with van der Waals surface area (Å²) in [5.74, 6) is -2.78. The van der Waals surface area contributed by atoms with Gasteiger partial charge in [0.25, 0.3) is 5.91 Å². The summed E-state index contributed by atoms with van der Waals surface area (Å²) in [5.41, 5.74) is 9.74. The largest absolute Gasteiger partial charge is 0.490 e. The number of halogens is 3. The number of primary amides is 1. The van der Waals surface area contributed by atoms with Crippen LogP contribution >= 0.6 is 0 Å². The zero-order valence-electron chi connectivity index (χ0n) is 16.2. The normalized spacial score (nSPS) is 15.8. The topological polar surface area (TPSA) is 151 Å². The number of rotatable bonds is 5. The van der Waals surface area contributed by atoms with E-state index >= 15 is 0 Å². The van der Waals surface area contributed by atoms with Crippen LogP contribution in [0.2, 0.25) is 0 Å². The van der Waals surface area contributed by atoms with Crippen molar-refractivity contribution in [2.24, 2.45) is 5.73 Å². The number of aryl methyl sites for hydroxylation is 1. The average molecular weight is 439 g/mol. The van der Waals surface area contributed by atoms with Crippen molar-refractivity contribution in [2.45, 2.75) is 37.9 Å². The Labute approximate surface area is 173 Å². The van der Waals surface area contributed by atoms with E-state index in [1.165, 1.54) is 30.3 Å². The summed E-state index contributed by atoms with van der Waals surface area (Å²) in [6, 6.07) is 0. The number of hydrogen-bond acceptors (Lipinski definition) is 6. The summed E-state index contributed by atoms with van der Waals surface area (Å²) >= 11 is 0. The van der Waals surface area contributed by atoms with E-state index in [0.29, 0.717) is 23.7 Å². The highest BCUT2D eigenvalue weighted by Gasteiger charge is 2.38. The predicted molar refractivity (Wildman–Crippen MR) is 101 cm³/mol. The molecule has 31 heavy (non-hydrogen) atoms. The second kappa shape index (κ2) is 9.12. The lowest BCUT2D eigenvalue weighted by Gasteiger charge is -2.22. The van der Waals surface area contributed by atoms with Gasteiger partial charge in [-0.25, -0.2) is 14.3 Å². The summed E-state index contributed by atoms with van der Waals surface area (Å²) in [7, 11) is 0. The minimum atomic E-state index is -5.08. The van der Waals surface area contributed by atoms with Crippen LogP contribution in [0.15, 0.2) is 24.8 Å². The lowest BCUT2D eigenvalue weighted by atomic mass is 9.87. The van der Waals surface area contributed by atoms with Crippen molar-refractivity contribution in [2.75, 3.05) is 6.54 Å². The Morgan fingerprint density at radius 1 is 1.32 bits per heavy atom. The number of carboxylic acid groups (broad SMARTS) is 1. The number of amides is 1. The number of nitrogens with zero attached hydrogens (tertiary/aromatic N) is 4. The Morgan fingerprint density at radius 2 is 2.06 bits per heavy atom. The van der Waals surface area contributed by atoms with Gasteiger partial charge in [0, 0.05) is 36.7 Å². The number of hydrogen-bond donors (Lipinski definition) is 4. The summed E-state index contributed by atoms with van der Waals surface area (Å²) < 4.78 is 33.3. The van der Waals surface area contributed by atoms with E-state index in [0.717, 1.165) is 18.5 Å². The molecule has 13 heteroatoms. The van der Waals surface area contributed by atoms with Crippen molar-refractivity contribution in [3.05, 3.63) is 47.2 Å². The lowest BCUT2D eigenvalue weighted by molar-refractivity contribution is -0.192. The predicted octanol–water partition coefficient (Wildman–Crippen LogP) is 1.39. The Hall–Kier alpha value is -3.48. The van der Waals surface area contributed by atoms with Crippen LogP contribution in [-0.4, -0.2) is 54.5 Å². The SMILES string of the molecule is NC(=O)c1cnn2cc(CNCC3CCCc4[nH]ncc43)cnc12.O=C(O)C(F)(F)F. The van der Waals surface area contributed by atoms with Crippen LogP contribution in [0, 0.1) is 0 Å². The molecule has 4 rings (SSSR count). The molecule has 1 amide bonds. The van der Waals surface area contributed by atoms with Crippen LogP contribution in [0.3, 0.4) is 0 Å². The Bertz CT molecular complexity index is 1080. The molecule has 1 unspecified atom stereocenters. The molecule has 0 aromatic carbocycles. The minimum absolute atomic E-state index is 0.337. The fourth-order valence-corrected chi connectivity index (χ4v) is 3.34. The third kappa shape index (κ3) is 5.36. The molecule has 0 bridgehead atoms. The molecule has 0 saturated carbocycles. The molecular weight excluding hydrogens is 419 g/mol. The fraction of sp³-hybridized carbons (Fsp3) is 0.389. The molecule has 3 heterocycles. The highest BCUT2D eigenvalue weighted by molar-refractivity contribution is 5.98. The van der Waals surface area contributed by atoms with E-state index in [9.17, 15) is 18.0 Å². The second-order valence-corrected chi connectivity index (χ2v) is 6.98. The number of carbonyl (C=O) groups is 2. The summed E-state index contributed by atoms with van der Waals surface area (Å²) in [5, 5.41) is 22.0. The fourth-order valence-electron chi connectivity index (χ4n) is 3.34. The molecule has 0 fully saturated rings. The van der Waals surface area contributed by atoms with Crippen LogP contribution in [-0.2, 0) is 17.8 Å². The number of aromatic nitrogens is 5. The van der Waals surface area contributed by atoms with Crippen LogP contribution in [0.4, 0.5) is 13.2 Å². The van der Waals surface area contributed by atoms with Crippen LogP contribution in [0.25, 0.3) is 5.65 Å². The molecule has 10 nitrogen and oxygen atoms in total. The maximum Gasteiger partial charge on any atom is 0.490 e. The molecule has 0 radical (unpaired) electrons. The average Bonchev–Trinajstić information content (AvgIpc) is 3.34. The number of fused-ring (bicyclic) bond motifs is 2. The molecule has 1 atom stereocenters. The Kier molecular flexibility index (Phi) is 6.53. The third-order valence-corrected chi connectivity index (χ3v) is 4.81. The number of aliphatic carboxylic acids is 1. The zero-order valence-corrected chi connectivity index (χ0v) is 16.2. The Balaban J connectivity index is 0.000000339. The highest BCUT2D eigenvalue weighted by atomic mass is 19.4. The number of aromatic amines is 1. The maximum absolute atomic E-state index is 11.3. The van der Waals surface area contributed by atoms with Gasteiger partial charge in [-0.1, -0.05) is 0 Å². The Morgan fingerprint density at radius 3 is 2.74 bits per heavy atom. The number of nitrogens with one attached hydrogen (secondary N) is 2. The molecular formula is C18H20F3N7O3. The van der Waals surface area contributed by atoms with Gasteiger partial charge >= 0.3 is 12.1 Å². The van der Waals surface area contributed by atoms with E-state index in [1.807, 2.05) is 12.4 Å². The van der Waals surface area contributed by atoms with Gasteiger partial charge in [-0.05, 0) is 30.7 Å². The van der Waals surface area contributed by atoms with Crippen molar-refractivity contribution < 1.29 is 27.9 Å². The zero-order chi connectivity index (χ0) is 22.6. The first kappa shape index (κ1) is 22.2. The van der Waals surface area contributed by atoms with Crippen LogP contribution < -0.4 is 11.1 Å². The number of alkyl halides is 3. The minimum Gasteiger partial charge on any atom is -0.475 e. The van der Waals surface area contributed by atoms with E-state index in [-0.39, 0.29) is 0 Å². The van der Waals surface area contributed by atoms with E-state index in [4.69, 9.17) is 15.6 Å². The molecule has 0 spiro atoms. The first-order valence-corrected chi connectivity index (χ1v) is 9.32. The molecule has 1 aliphatic carbocycles. The number of carboxylic acids is 1. The summed E-state index contributed by atoms with van der Waals surface area (Å²) in [6.07, 6.45) is 5.39. The molecule has 3 aromatic heterocycles. The molecule has 166 valence electrons. The van der Waals surface area contributed by atoms with Gasteiger partial charge in [0.1, 0.15) is 5.56 Å². The smallest absolute Gasteiger partial charge is 0.475 e. The third-order valence-electron chi connectivity index (χ3n) is 4.81. The van der Waals surface area contributed by atoms with Crippen molar-refractivity contribution >= 4 is 17.5 Å². The monoisotopic (exact) mass is 439 g/mol. The molecule has 1 aliphatic rings. The van der Waals surface area contributed by atoms with Gasteiger partial charge in [0.05, 0.1) is 12.4 Å². The summed E-state index contributed by atoms with van der Waals surface area (Å²) in [4.78, 5) is 24.5. The van der Waals surface area contributed by atoms with Crippen LogP contribution in [0.5, 0.6) is 0 Å². The molecule has 3 aromatic rings. The second-order valence-electron chi connectivity index (χ2n) is 6.98. The lowest BCUT2D eigenvalue weighted by Crippen LogP contribution is -2.24. The van der Waals surface area contributed by atoms with Crippen molar-refractivity contribution in [1.82, 2.24) is 30.1 Å².